The van der Waals surface area contributed by atoms with Crippen molar-refractivity contribution in [2.45, 2.75) is 20.8 Å². The van der Waals surface area contributed by atoms with E-state index in [-0.39, 0.29) is 5.91 Å². The molecule has 0 saturated carbocycles. The lowest BCUT2D eigenvalue weighted by molar-refractivity contribution is 0.0745. The molecule has 1 fully saturated rings. The van der Waals surface area contributed by atoms with Gasteiger partial charge in [0.05, 0.1) is 11.3 Å². The molecule has 2 aromatic heterocycles. The molecule has 8 heteroatoms. The summed E-state index contributed by atoms with van der Waals surface area (Å²) in [6.45, 7) is 9.51. The Morgan fingerprint density at radius 3 is 2.40 bits per heavy atom. The minimum Gasteiger partial charge on any atom is -0.369 e. The van der Waals surface area contributed by atoms with E-state index in [4.69, 9.17) is 0 Å². The average molecular weight is 343 g/mol. The Hall–Kier alpha value is -2.64. The summed E-state index contributed by atoms with van der Waals surface area (Å²) in [4.78, 5) is 16.9. The largest absolute Gasteiger partial charge is 0.369 e. The Bertz CT molecular complexity index is 745. The average Bonchev–Trinajstić information content (AvgIpc) is 2.88. The van der Waals surface area contributed by atoms with Crippen LogP contribution in [0.1, 0.15) is 28.7 Å². The van der Waals surface area contributed by atoms with Crippen molar-refractivity contribution >= 4 is 17.5 Å². The van der Waals surface area contributed by atoms with Gasteiger partial charge in [-0.15, -0.1) is 10.2 Å². The standard InChI is InChI=1S/C17H25N7O/c1-5-18-14-6-7-15(20-19-14)23-8-10-24(11-9-23)17(25)16-12(2)21-22(4)13(16)3/h6-7H,5,8-11H2,1-4H3,(H,18,19). The Labute approximate surface area is 147 Å². The zero-order valence-corrected chi connectivity index (χ0v) is 15.3. The third kappa shape index (κ3) is 3.42. The summed E-state index contributed by atoms with van der Waals surface area (Å²) in [5.41, 5.74) is 2.43. The number of nitrogens with one attached hydrogen (secondary N) is 1. The summed E-state index contributed by atoms with van der Waals surface area (Å²) in [5, 5.41) is 15.9. The maximum Gasteiger partial charge on any atom is 0.257 e. The van der Waals surface area contributed by atoms with Gasteiger partial charge in [0.2, 0.25) is 0 Å². The molecule has 0 radical (unpaired) electrons. The number of carbonyl (C=O) groups is 1. The third-order valence-corrected chi connectivity index (χ3v) is 4.62. The van der Waals surface area contributed by atoms with Gasteiger partial charge < -0.3 is 15.1 Å². The highest BCUT2D eigenvalue weighted by Crippen LogP contribution is 2.18. The molecule has 0 aromatic carbocycles. The van der Waals surface area contributed by atoms with Gasteiger partial charge in [0.15, 0.2) is 5.82 Å². The zero-order chi connectivity index (χ0) is 18.0. The first-order valence-corrected chi connectivity index (χ1v) is 8.63. The molecule has 134 valence electrons. The number of nitrogens with zero attached hydrogens (tertiary/aromatic N) is 6. The number of carbonyl (C=O) groups excluding carboxylic acids is 1. The van der Waals surface area contributed by atoms with Gasteiger partial charge in [-0.3, -0.25) is 9.48 Å². The molecular weight excluding hydrogens is 318 g/mol. The van der Waals surface area contributed by atoms with E-state index in [9.17, 15) is 4.79 Å². The van der Waals surface area contributed by atoms with Gasteiger partial charge in [0.25, 0.3) is 5.91 Å². The summed E-state index contributed by atoms with van der Waals surface area (Å²) >= 11 is 0. The molecule has 2 aromatic rings. The predicted octanol–water partition coefficient (Wildman–Crippen LogP) is 1.22. The van der Waals surface area contributed by atoms with Crippen LogP contribution in [0.4, 0.5) is 11.6 Å². The van der Waals surface area contributed by atoms with Crippen LogP contribution in [0.5, 0.6) is 0 Å². The monoisotopic (exact) mass is 343 g/mol. The van der Waals surface area contributed by atoms with Crippen LogP contribution in [0, 0.1) is 13.8 Å². The number of aromatic nitrogens is 4. The molecule has 1 amide bonds. The Balaban J connectivity index is 1.64. The maximum absolute atomic E-state index is 12.8. The highest BCUT2D eigenvalue weighted by Gasteiger charge is 2.26. The number of hydrogen-bond acceptors (Lipinski definition) is 6. The van der Waals surface area contributed by atoms with Gasteiger partial charge >= 0.3 is 0 Å². The van der Waals surface area contributed by atoms with Crippen LogP contribution in [0.25, 0.3) is 0 Å². The number of rotatable bonds is 4. The molecule has 1 N–H and O–H groups in total. The molecule has 0 bridgehead atoms. The fraction of sp³-hybridized carbons (Fsp3) is 0.529. The third-order valence-electron chi connectivity index (χ3n) is 4.62. The van der Waals surface area contributed by atoms with Crippen LogP contribution in [-0.4, -0.2) is 63.5 Å². The Kier molecular flexibility index (Phi) is 4.87. The van der Waals surface area contributed by atoms with Gasteiger partial charge in [-0.25, -0.2) is 0 Å². The molecule has 1 aliphatic heterocycles. The van der Waals surface area contributed by atoms with Gasteiger partial charge in [0.1, 0.15) is 5.82 Å². The highest BCUT2D eigenvalue weighted by atomic mass is 16.2. The quantitative estimate of drug-likeness (QED) is 0.899. The summed E-state index contributed by atoms with van der Waals surface area (Å²) in [6, 6.07) is 3.91. The van der Waals surface area contributed by atoms with Crippen LogP contribution in [-0.2, 0) is 7.05 Å². The maximum atomic E-state index is 12.8. The van der Waals surface area contributed by atoms with E-state index in [1.807, 2.05) is 44.9 Å². The van der Waals surface area contributed by atoms with Crippen molar-refractivity contribution in [1.29, 1.82) is 0 Å². The first kappa shape index (κ1) is 17.2. The van der Waals surface area contributed by atoms with Crippen molar-refractivity contribution in [2.75, 3.05) is 42.9 Å². The molecule has 1 saturated heterocycles. The van der Waals surface area contributed by atoms with Gasteiger partial charge in [-0.2, -0.15) is 5.10 Å². The van der Waals surface area contributed by atoms with Crippen LogP contribution >= 0.6 is 0 Å². The minimum atomic E-state index is 0.0660. The molecular formula is C17H25N7O. The van der Waals surface area contributed by atoms with Crippen LogP contribution in [0.15, 0.2) is 12.1 Å². The van der Waals surface area contributed by atoms with E-state index in [0.29, 0.717) is 13.1 Å². The van der Waals surface area contributed by atoms with Gasteiger partial charge in [-0.05, 0) is 32.9 Å². The van der Waals surface area contributed by atoms with Crippen molar-refractivity contribution in [3.63, 3.8) is 0 Å². The van der Waals surface area contributed by atoms with Crippen molar-refractivity contribution in [3.8, 4) is 0 Å². The van der Waals surface area contributed by atoms with Gasteiger partial charge in [0, 0.05) is 45.5 Å². The van der Waals surface area contributed by atoms with Crippen molar-refractivity contribution in [3.05, 3.63) is 29.1 Å². The van der Waals surface area contributed by atoms with Crippen molar-refractivity contribution < 1.29 is 4.79 Å². The number of amides is 1. The highest BCUT2D eigenvalue weighted by molar-refractivity contribution is 5.96. The lowest BCUT2D eigenvalue weighted by Crippen LogP contribution is -2.49. The normalized spacial score (nSPS) is 14.7. The topological polar surface area (TPSA) is 79.2 Å². The second-order valence-electron chi connectivity index (χ2n) is 6.26. The fourth-order valence-electron chi connectivity index (χ4n) is 3.15. The van der Waals surface area contributed by atoms with Gasteiger partial charge in [-0.1, -0.05) is 0 Å². The summed E-state index contributed by atoms with van der Waals surface area (Å²) in [5.74, 6) is 1.70. The second-order valence-corrected chi connectivity index (χ2v) is 6.26. The number of aryl methyl sites for hydroxylation is 2. The lowest BCUT2D eigenvalue weighted by atomic mass is 10.1. The predicted molar refractivity (Wildman–Crippen MR) is 97.0 cm³/mol. The SMILES string of the molecule is CCNc1ccc(N2CCN(C(=O)c3c(C)nn(C)c3C)CC2)nn1. The molecule has 0 spiro atoms. The van der Waals surface area contributed by atoms with E-state index in [2.05, 4.69) is 25.5 Å². The molecule has 0 aliphatic carbocycles. The number of anilines is 2. The number of hydrogen-bond donors (Lipinski definition) is 1. The van der Waals surface area contributed by atoms with E-state index in [0.717, 1.165) is 48.2 Å². The summed E-state index contributed by atoms with van der Waals surface area (Å²) in [7, 11) is 1.87. The van der Waals surface area contributed by atoms with Crippen molar-refractivity contribution in [1.82, 2.24) is 24.9 Å². The summed E-state index contributed by atoms with van der Waals surface area (Å²) < 4.78 is 1.76. The second kappa shape index (κ2) is 7.08. The smallest absolute Gasteiger partial charge is 0.257 e. The molecule has 25 heavy (non-hydrogen) atoms. The van der Waals surface area contributed by atoms with Crippen LogP contribution in [0.2, 0.25) is 0 Å². The van der Waals surface area contributed by atoms with Crippen LogP contribution in [0.3, 0.4) is 0 Å². The first-order chi connectivity index (χ1) is 12.0. The molecule has 0 atom stereocenters. The Morgan fingerprint density at radius 2 is 1.88 bits per heavy atom. The molecule has 8 nitrogen and oxygen atoms in total. The molecule has 1 aliphatic rings. The Morgan fingerprint density at radius 1 is 1.16 bits per heavy atom. The fourth-order valence-corrected chi connectivity index (χ4v) is 3.15. The van der Waals surface area contributed by atoms with E-state index >= 15 is 0 Å². The minimum absolute atomic E-state index is 0.0660. The zero-order valence-electron chi connectivity index (χ0n) is 15.3. The van der Waals surface area contributed by atoms with E-state index in [1.54, 1.807) is 4.68 Å². The van der Waals surface area contributed by atoms with E-state index < -0.39 is 0 Å². The number of piperazine rings is 1. The molecule has 3 rings (SSSR count). The van der Waals surface area contributed by atoms with Crippen molar-refractivity contribution in [2.24, 2.45) is 7.05 Å². The first-order valence-electron chi connectivity index (χ1n) is 8.63. The molecule has 3 heterocycles. The molecule has 0 unspecified atom stereocenters. The van der Waals surface area contributed by atoms with E-state index in [1.165, 1.54) is 0 Å². The van der Waals surface area contributed by atoms with Crippen LogP contribution < -0.4 is 10.2 Å². The summed E-state index contributed by atoms with van der Waals surface area (Å²) in [6.07, 6.45) is 0. The lowest BCUT2D eigenvalue weighted by Gasteiger charge is -2.35.